The van der Waals surface area contributed by atoms with Crippen molar-refractivity contribution in [3.05, 3.63) is 0 Å². The van der Waals surface area contributed by atoms with Crippen LogP contribution < -0.4 is 10.6 Å². The number of halogens is 17. The van der Waals surface area contributed by atoms with Crippen LogP contribution in [0.4, 0.5) is 74.6 Å². The van der Waals surface area contributed by atoms with Crippen LogP contribution in [0.25, 0.3) is 0 Å². The van der Waals surface area contributed by atoms with Crippen molar-refractivity contribution < 1.29 is 109 Å². The van der Waals surface area contributed by atoms with E-state index in [1.807, 2.05) is 0 Å². The van der Waals surface area contributed by atoms with E-state index in [4.69, 9.17) is 9.47 Å². The Kier molecular flexibility index (Phi) is 24.5. The summed E-state index contributed by atoms with van der Waals surface area (Å²) < 4.78 is 241. The van der Waals surface area contributed by atoms with Crippen molar-refractivity contribution in [2.45, 2.75) is 213 Å². The van der Waals surface area contributed by atoms with Crippen molar-refractivity contribution in [1.29, 1.82) is 0 Å². The van der Waals surface area contributed by atoms with Gasteiger partial charge in [-0.15, -0.1) is 0 Å². The third-order valence-electron chi connectivity index (χ3n) is 11.0. The lowest BCUT2D eigenvalue weighted by atomic mass is 9.88. The van der Waals surface area contributed by atoms with E-state index in [0.717, 1.165) is 38.5 Å². The van der Waals surface area contributed by atoms with Crippen LogP contribution >= 0.6 is 0 Å². The fourth-order valence-corrected chi connectivity index (χ4v) is 6.73. The van der Waals surface area contributed by atoms with E-state index in [0.29, 0.717) is 6.42 Å². The molecule has 0 spiro atoms. The zero-order valence-electron chi connectivity index (χ0n) is 35.7. The van der Waals surface area contributed by atoms with Gasteiger partial charge in [-0.1, -0.05) is 103 Å². The van der Waals surface area contributed by atoms with Crippen LogP contribution in [0.1, 0.15) is 129 Å². The lowest BCUT2D eigenvalue weighted by Gasteiger charge is -2.42. The highest BCUT2D eigenvalue weighted by Gasteiger charge is 2.95. The molecule has 26 heteroatoms. The molecule has 388 valence electrons. The summed E-state index contributed by atoms with van der Waals surface area (Å²) in [6, 6.07) is -1.29. The third-order valence-corrected chi connectivity index (χ3v) is 11.0. The summed E-state index contributed by atoms with van der Waals surface area (Å²) in [4.78, 5) is 13.1. The molecule has 1 aliphatic rings. The lowest BCUT2D eigenvalue weighted by Crippen LogP contribution is -2.74. The first-order chi connectivity index (χ1) is 29.9. The van der Waals surface area contributed by atoms with Gasteiger partial charge in [0.2, 0.25) is 5.91 Å². The molecule has 1 fully saturated rings. The second-order valence-electron chi connectivity index (χ2n) is 16.2. The third kappa shape index (κ3) is 15.5. The van der Waals surface area contributed by atoms with Gasteiger partial charge in [0.15, 0.2) is 6.29 Å². The molecular weight excluding hydrogens is 931 g/mol. The van der Waals surface area contributed by atoms with Gasteiger partial charge in [0.05, 0.1) is 13.2 Å². The molecule has 0 aromatic heterocycles. The standard InChI is InChI=1S/C39H61F17N2O7/c1-2-3-4-5-6-7-8-9-10-11-12-13-15-19-22-58-30(63)25(24-64-31-29(62)28(61)27(60)26(23-59)65-31)57-21-18-16-14-17-20-32(40,41)33(42,43)34(44,45)35(46,47)36(48,49)37(50,51)38(52,53)39(54,55)56/h25-29,31,57,59-62H,2-24H2,1H3,(H,58,63)/t25?,26-,27+,28+,29-,31-/m1/s1. The highest BCUT2D eigenvalue weighted by atomic mass is 19.4. The maximum Gasteiger partial charge on any atom is 0.460 e. The van der Waals surface area contributed by atoms with Gasteiger partial charge in [0.25, 0.3) is 0 Å². The molecule has 1 unspecified atom stereocenters. The fraction of sp³-hybridized carbons (Fsp3) is 0.974. The lowest BCUT2D eigenvalue weighted by molar-refractivity contribution is -0.461. The average Bonchev–Trinajstić information content (AvgIpc) is 3.21. The van der Waals surface area contributed by atoms with Gasteiger partial charge in [-0.3, -0.25) is 4.79 Å². The van der Waals surface area contributed by atoms with Crippen molar-refractivity contribution in [3.63, 3.8) is 0 Å². The Hall–Kier alpha value is -2.00. The molecule has 0 aliphatic carbocycles. The zero-order valence-corrected chi connectivity index (χ0v) is 35.7. The van der Waals surface area contributed by atoms with E-state index in [1.54, 1.807) is 0 Å². The summed E-state index contributed by atoms with van der Waals surface area (Å²) in [5, 5.41) is 45.0. The number of carbonyl (C=O) groups is 1. The Morgan fingerprint density at radius 2 is 0.938 bits per heavy atom. The summed E-state index contributed by atoms with van der Waals surface area (Å²) >= 11 is 0. The quantitative estimate of drug-likeness (QED) is 0.0277. The number of hydrogen-bond donors (Lipinski definition) is 6. The van der Waals surface area contributed by atoms with Crippen LogP contribution in [0, 0.1) is 0 Å². The Morgan fingerprint density at radius 3 is 1.38 bits per heavy atom. The van der Waals surface area contributed by atoms with Crippen molar-refractivity contribution in [3.8, 4) is 0 Å². The summed E-state index contributed by atoms with van der Waals surface area (Å²) in [6.45, 7) is 0.715. The Bertz CT molecular complexity index is 1360. The van der Waals surface area contributed by atoms with Gasteiger partial charge in [0, 0.05) is 13.0 Å². The number of ether oxygens (including phenoxy) is 2. The second-order valence-corrected chi connectivity index (χ2v) is 16.2. The fourth-order valence-electron chi connectivity index (χ4n) is 6.73. The summed E-state index contributed by atoms with van der Waals surface area (Å²) in [5.41, 5.74) is 0. The average molecular weight is 993 g/mol. The minimum Gasteiger partial charge on any atom is -0.394 e. The van der Waals surface area contributed by atoms with E-state index < -0.39 is 123 Å². The van der Waals surface area contributed by atoms with Crippen molar-refractivity contribution in [2.75, 3.05) is 26.3 Å². The van der Waals surface area contributed by atoms with Gasteiger partial charge in [-0.05, 0) is 25.8 Å². The normalized spacial score (nSPS) is 21.5. The van der Waals surface area contributed by atoms with Crippen LogP contribution in [0.15, 0.2) is 0 Å². The van der Waals surface area contributed by atoms with Gasteiger partial charge >= 0.3 is 47.6 Å². The van der Waals surface area contributed by atoms with Crippen LogP contribution in [0.2, 0.25) is 0 Å². The van der Waals surface area contributed by atoms with Crippen molar-refractivity contribution in [2.24, 2.45) is 0 Å². The van der Waals surface area contributed by atoms with Gasteiger partial charge in [-0.2, -0.15) is 74.6 Å². The first kappa shape index (κ1) is 61.0. The number of amides is 1. The van der Waals surface area contributed by atoms with Crippen LogP contribution in [0.3, 0.4) is 0 Å². The molecule has 65 heavy (non-hydrogen) atoms. The predicted molar refractivity (Wildman–Crippen MR) is 199 cm³/mol. The Morgan fingerprint density at radius 1 is 0.538 bits per heavy atom. The monoisotopic (exact) mass is 992 g/mol. The molecule has 6 N–H and O–H groups in total. The first-order valence-electron chi connectivity index (χ1n) is 21.5. The number of rotatable bonds is 34. The number of carbonyl (C=O) groups excluding carboxylic acids is 1. The SMILES string of the molecule is CCCCCCCCCCCCCCCCNC(=O)C(CO[C@@H]1O[C@H](CO)[C@H](O)[C@H](O)[C@H]1O)NCCCCCCC(F)(F)C(F)(F)C(F)(F)C(F)(F)C(F)(F)C(F)(F)C(F)(F)C(F)(F)F. The largest absolute Gasteiger partial charge is 0.460 e. The molecule has 9 nitrogen and oxygen atoms in total. The number of hydrogen-bond acceptors (Lipinski definition) is 8. The van der Waals surface area contributed by atoms with Gasteiger partial charge in [0.1, 0.15) is 30.5 Å². The van der Waals surface area contributed by atoms with E-state index in [9.17, 15) is 99.9 Å². The molecule has 0 aromatic rings. The highest BCUT2D eigenvalue weighted by Crippen LogP contribution is 2.64. The van der Waals surface area contributed by atoms with Crippen molar-refractivity contribution >= 4 is 5.91 Å². The predicted octanol–water partition coefficient (Wildman–Crippen LogP) is 9.32. The van der Waals surface area contributed by atoms with E-state index in [-0.39, 0.29) is 25.9 Å². The molecule has 1 rings (SSSR count). The maximum atomic E-state index is 14.3. The first-order valence-corrected chi connectivity index (χ1v) is 21.5. The van der Waals surface area contributed by atoms with Crippen LogP contribution in [-0.4, -0.2) is 137 Å². The Labute approximate surface area is 365 Å². The van der Waals surface area contributed by atoms with Crippen LogP contribution in [-0.2, 0) is 14.3 Å². The van der Waals surface area contributed by atoms with Gasteiger partial charge in [-0.25, -0.2) is 0 Å². The molecule has 0 saturated carbocycles. The van der Waals surface area contributed by atoms with Crippen molar-refractivity contribution in [1.82, 2.24) is 10.6 Å². The number of unbranched alkanes of at least 4 members (excludes halogenated alkanes) is 16. The molecule has 6 atom stereocenters. The molecular formula is C39H61F17N2O7. The van der Waals surface area contributed by atoms with Crippen LogP contribution in [0.5, 0.6) is 0 Å². The topological polar surface area (TPSA) is 141 Å². The number of aliphatic hydroxyl groups excluding tert-OH is 4. The Balaban J connectivity index is 2.79. The maximum absolute atomic E-state index is 14.3. The molecule has 1 heterocycles. The molecule has 1 aliphatic heterocycles. The zero-order chi connectivity index (χ0) is 50.1. The minimum absolute atomic E-state index is 0.145. The molecule has 0 bridgehead atoms. The second kappa shape index (κ2) is 26.1. The molecule has 1 saturated heterocycles. The smallest absolute Gasteiger partial charge is 0.394 e. The highest BCUT2D eigenvalue weighted by molar-refractivity contribution is 5.81. The molecule has 1 amide bonds. The van der Waals surface area contributed by atoms with Gasteiger partial charge < -0.3 is 40.5 Å². The number of nitrogens with one attached hydrogen (secondary N) is 2. The van der Waals surface area contributed by atoms with E-state index >= 15 is 0 Å². The number of aliphatic hydroxyl groups is 4. The summed E-state index contributed by atoms with van der Waals surface area (Å²) in [6.07, 6.45) is -6.09. The minimum atomic E-state index is -8.68. The molecule has 0 radical (unpaired) electrons. The summed E-state index contributed by atoms with van der Waals surface area (Å²) in [5.74, 6) is -57.3. The van der Waals surface area contributed by atoms with E-state index in [1.165, 1.54) is 44.9 Å². The van der Waals surface area contributed by atoms with E-state index in [2.05, 4.69) is 17.6 Å². The molecule has 0 aromatic carbocycles. The summed E-state index contributed by atoms with van der Waals surface area (Å²) in [7, 11) is 0. The number of alkyl halides is 17.